The maximum absolute atomic E-state index is 12.2. The molecule has 1 saturated heterocycles. The smallest absolute Gasteiger partial charge is 0.387 e. The molecule has 1 aliphatic rings. The number of H-pyrrole nitrogens is 1. The van der Waals surface area contributed by atoms with Gasteiger partial charge >= 0.3 is 6.61 Å². The topological polar surface area (TPSA) is 53.2 Å². The molecule has 2 N–H and O–H groups in total. The third-order valence-corrected chi connectivity index (χ3v) is 3.38. The Labute approximate surface area is 120 Å². The van der Waals surface area contributed by atoms with Gasteiger partial charge in [-0.25, -0.2) is 0 Å². The Morgan fingerprint density at radius 1 is 1.19 bits per heavy atom. The second-order valence-electron chi connectivity index (χ2n) is 4.78. The van der Waals surface area contributed by atoms with Crippen LogP contribution in [-0.4, -0.2) is 43.0 Å². The molecule has 2 aromatic rings. The first-order valence-electron chi connectivity index (χ1n) is 6.79. The molecule has 1 fully saturated rings. The fraction of sp³-hybridized carbons (Fsp3) is 0.357. The molecule has 7 heteroatoms. The highest BCUT2D eigenvalue weighted by atomic mass is 19.3. The van der Waals surface area contributed by atoms with E-state index >= 15 is 0 Å². The number of halogens is 2. The van der Waals surface area contributed by atoms with Crippen molar-refractivity contribution in [2.75, 3.05) is 31.1 Å². The van der Waals surface area contributed by atoms with Crippen molar-refractivity contribution < 1.29 is 13.5 Å². The zero-order chi connectivity index (χ0) is 14.7. The number of anilines is 1. The molecule has 0 bridgehead atoms. The number of hydrogen-bond donors (Lipinski definition) is 2. The first-order chi connectivity index (χ1) is 10.2. The van der Waals surface area contributed by atoms with E-state index in [1.54, 1.807) is 12.1 Å². The van der Waals surface area contributed by atoms with Crippen LogP contribution in [0.3, 0.4) is 0 Å². The molecule has 0 unspecified atom stereocenters. The lowest BCUT2D eigenvalue weighted by Crippen LogP contribution is -2.43. The van der Waals surface area contributed by atoms with E-state index in [2.05, 4.69) is 25.2 Å². The molecule has 0 amide bonds. The van der Waals surface area contributed by atoms with Crippen LogP contribution in [0, 0.1) is 0 Å². The van der Waals surface area contributed by atoms with Crippen LogP contribution in [0.2, 0.25) is 0 Å². The van der Waals surface area contributed by atoms with Gasteiger partial charge in [0.2, 0.25) is 0 Å². The minimum absolute atomic E-state index is 0.140. The Morgan fingerprint density at radius 3 is 2.76 bits per heavy atom. The number of hydrogen-bond acceptors (Lipinski definition) is 4. The van der Waals surface area contributed by atoms with Crippen LogP contribution < -0.4 is 15.0 Å². The van der Waals surface area contributed by atoms with Gasteiger partial charge in [-0.15, -0.1) is 0 Å². The maximum atomic E-state index is 12.2. The van der Waals surface area contributed by atoms with Crippen molar-refractivity contribution in [3.63, 3.8) is 0 Å². The van der Waals surface area contributed by atoms with Gasteiger partial charge in [-0.1, -0.05) is 12.1 Å². The number of alkyl halides is 2. The Morgan fingerprint density at radius 2 is 2.00 bits per heavy atom. The van der Waals surface area contributed by atoms with Crippen LogP contribution in [0.15, 0.2) is 30.3 Å². The molecule has 21 heavy (non-hydrogen) atoms. The van der Waals surface area contributed by atoms with Gasteiger partial charge in [-0.2, -0.15) is 13.9 Å². The van der Waals surface area contributed by atoms with Crippen molar-refractivity contribution in [1.29, 1.82) is 0 Å². The Hall–Kier alpha value is -2.15. The van der Waals surface area contributed by atoms with Crippen molar-refractivity contribution in [1.82, 2.24) is 15.5 Å². The summed E-state index contributed by atoms with van der Waals surface area (Å²) in [6.45, 7) is 0.843. The van der Waals surface area contributed by atoms with Gasteiger partial charge in [0, 0.05) is 37.8 Å². The quantitative estimate of drug-likeness (QED) is 0.906. The lowest BCUT2D eigenvalue weighted by atomic mass is 10.1. The largest absolute Gasteiger partial charge is 0.435 e. The second kappa shape index (κ2) is 6.09. The predicted molar refractivity (Wildman–Crippen MR) is 75.7 cm³/mol. The molecule has 0 saturated carbocycles. The fourth-order valence-electron chi connectivity index (χ4n) is 2.35. The summed E-state index contributed by atoms with van der Waals surface area (Å²) < 4.78 is 28.9. The number of aromatic amines is 1. The molecule has 2 heterocycles. The SMILES string of the molecule is FC(F)Oc1cccc(-c2cc(N3CCNCC3)n[nH]2)c1. The van der Waals surface area contributed by atoms with E-state index in [0.717, 1.165) is 43.3 Å². The van der Waals surface area contributed by atoms with E-state index in [9.17, 15) is 8.78 Å². The molecule has 5 nitrogen and oxygen atoms in total. The fourth-order valence-corrected chi connectivity index (χ4v) is 2.35. The lowest BCUT2D eigenvalue weighted by Gasteiger charge is -2.26. The summed E-state index contributed by atoms with van der Waals surface area (Å²) in [4.78, 5) is 2.18. The van der Waals surface area contributed by atoms with Crippen molar-refractivity contribution in [2.45, 2.75) is 6.61 Å². The van der Waals surface area contributed by atoms with E-state index in [4.69, 9.17) is 0 Å². The first kappa shape index (κ1) is 13.8. The maximum Gasteiger partial charge on any atom is 0.387 e. The molecular weight excluding hydrogens is 278 g/mol. The van der Waals surface area contributed by atoms with Crippen molar-refractivity contribution in [3.05, 3.63) is 30.3 Å². The zero-order valence-corrected chi connectivity index (χ0v) is 11.4. The average molecular weight is 294 g/mol. The highest BCUT2D eigenvalue weighted by Gasteiger charge is 2.14. The normalized spacial score (nSPS) is 15.5. The van der Waals surface area contributed by atoms with E-state index in [-0.39, 0.29) is 5.75 Å². The van der Waals surface area contributed by atoms with Gasteiger partial charge in [0.25, 0.3) is 0 Å². The minimum Gasteiger partial charge on any atom is -0.435 e. The van der Waals surface area contributed by atoms with Gasteiger partial charge in [-0.05, 0) is 12.1 Å². The first-order valence-corrected chi connectivity index (χ1v) is 6.79. The molecule has 0 radical (unpaired) electrons. The van der Waals surface area contributed by atoms with Crippen LogP contribution in [0.25, 0.3) is 11.3 Å². The number of piperazine rings is 1. The van der Waals surface area contributed by atoms with Crippen LogP contribution in [0.4, 0.5) is 14.6 Å². The van der Waals surface area contributed by atoms with Gasteiger partial charge in [0.05, 0.1) is 5.69 Å². The Kier molecular flexibility index (Phi) is 4.01. The summed E-state index contributed by atoms with van der Waals surface area (Å²) in [6.07, 6.45) is 0. The van der Waals surface area contributed by atoms with Crippen molar-refractivity contribution in [3.8, 4) is 17.0 Å². The molecule has 0 atom stereocenters. The number of aromatic nitrogens is 2. The third-order valence-electron chi connectivity index (χ3n) is 3.38. The Balaban J connectivity index is 1.79. The molecule has 1 aromatic heterocycles. The highest BCUT2D eigenvalue weighted by Crippen LogP contribution is 2.26. The summed E-state index contributed by atoms with van der Waals surface area (Å²) in [6, 6.07) is 8.50. The summed E-state index contributed by atoms with van der Waals surface area (Å²) in [7, 11) is 0. The highest BCUT2D eigenvalue weighted by molar-refractivity contribution is 5.64. The summed E-state index contributed by atoms with van der Waals surface area (Å²) in [5.41, 5.74) is 1.55. The molecule has 0 aliphatic carbocycles. The average Bonchev–Trinajstić information content (AvgIpc) is 2.98. The number of ether oxygens (including phenoxy) is 1. The van der Waals surface area contributed by atoms with E-state index in [1.165, 1.54) is 6.07 Å². The van der Waals surface area contributed by atoms with E-state index < -0.39 is 6.61 Å². The molecule has 112 valence electrons. The van der Waals surface area contributed by atoms with Crippen LogP contribution in [-0.2, 0) is 0 Å². The summed E-state index contributed by atoms with van der Waals surface area (Å²) in [5.74, 6) is 1.01. The minimum atomic E-state index is -2.82. The van der Waals surface area contributed by atoms with Crippen LogP contribution in [0.5, 0.6) is 5.75 Å². The molecule has 1 aromatic carbocycles. The molecule has 3 rings (SSSR count). The monoisotopic (exact) mass is 294 g/mol. The van der Waals surface area contributed by atoms with E-state index in [1.807, 2.05) is 12.1 Å². The third kappa shape index (κ3) is 3.30. The number of benzene rings is 1. The number of nitrogens with zero attached hydrogens (tertiary/aromatic N) is 2. The molecule has 1 aliphatic heterocycles. The van der Waals surface area contributed by atoms with Crippen molar-refractivity contribution in [2.24, 2.45) is 0 Å². The predicted octanol–water partition coefficient (Wildman–Crippen LogP) is 2.09. The van der Waals surface area contributed by atoms with Crippen LogP contribution >= 0.6 is 0 Å². The van der Waals surface area contributed by atoms with Crippen LogP contribution in [0.1, 0.15) is 0 Å². The second-order valence-corrected chi connectivity index (χ2v) is 4.78. The summed E-state index contributed by atoms with van der Waals surface area (Å²) in [5, 5.41) is 10.5. The standard InChI is InChI=1S/C14H16F2N4O/c15-14(16)21-11-3-1-2-10(8-11)12-9-13(19-18-12)20-6-4-17-5-7-20/h1-3,8-9,14,17H,4-7H2,(H,18,19). The van der Waals surface area contributed by atoms with E-state index in [0.29, 0.717) is 0 Å². The van der Waals surface area contributed by atoms with Gasteiger partial charge < -0.3 is 15.0 Å². The number of rotatable bonds is 4. The molecule has 0 spiro atoms. The Bertz CT molecular complexity index is 596. The van der Waals surface area contributed by atoms with Gasteiger partial charge in [0.1, 0.15) is 5.75 Å². The summed E-state index contributed by atoms with van der Waals surface area (Å²) >= 11 is 0. The lowest BCUT2D eigenvalue weighted by molar-refractivity contribution is -0.0498. The zero-order valence-electron chi connectivity index (χ0n) is 11.4. The number of nitrogens with one attached hydrogen (secondary N) is 2. The van der Waals surface area contributed by atoms with Crippen molar-refractivity contribution >= 4 is 5.82 Å². The molecular formula is C14H16F2N4O. The van der Waals surface area contributed by atoms with Gasteiger partial charge in [-0.3, -0.25) is 5.10 Å². The van der Waals surface area contributed by atoms with Gasteiger partial charge in [0.15, 0.2) is 5.82 Å².